The molecule has 0 bridgehead atoms. The summed E-state index contributed by atoms with van der Waals surface area (Å²) in [4.78, 5) is 32.1. The number of hydrogen-bond donors (Lipinski definition) is 2. The normalized spacial score (nSPS) is 11.5. The molecule has 0 saturated heterocycles. The van der Waals surface area contributed by atoms with E-state index in [1.54, 1.807) is 0 Å². The average Bonchev–Trinajstić information content (AvgIpc) is 2.56. The molecule has 1 aromatic carbocycles. The van der Waals surface area contributed by atoms with Gasteiger partial charge in [0, 0.05) is 25.4 Å². The Kier molecular flexibility index (Phi) is 5.59. The molecule has 0 fully saturated rings. The summed E-state index contributed by atoms with van der Waals surface area (Å²) in [6.45, 7) is 2.34. The molecule has 0 spiro atoms. The number of carbonyl (C=O) groups is 2. The van der Waals surface area contributed by atoms with E-state index in [1.807, 2.05) is 37.3 Å². The molecule has 6 nitrogen and oxygen atoms in total. The van der Waals surface area contributed by atoms with Crippen LogP contribution >= 0.6 is 0 Å². The average molecular weight is 298 g/mol. The van der Waals surface area contributed by atoms with Crippen LogP contribution in [0.5, 0.6) is 0 Å². The second-order valence-corrected chi connectivity index (χ2v) is 4.70. The van der Waals surface area contributed by atoms with E-state index in [2.05, 4.69) is 20.6 Å². The van der Waals surface area contributed by atoms with Gasteiger partial charge < -0.3 is 10.6 Å². The van der Waals surface area contributed by atoms with Gasteiger partial charge in [0.15, 0.2) is 0 Å². The number of hydrogen-bond acceptors (Lipinski definition) is 4. The minimum absolute atomic E-state index is 0.185. The fourth-order valence-electron chi connectivity index (χ4n) is 2.01. The van der Waals surface area contributed by atoms with Crippen molar-refractivity contribution in [1.29, 1.82) is 0 Å². The molecule has 22 heavy (non-hydrogen) atoms. The summed E-state index contributed by atoms with van der Waals surface area (Å²) in [5.74, 6) is -0.635. The Bertz CT molecular complexity index is 617. The maximum Gasteiger partial charge on any atom is 0.272 e. The highest BCUT2D eigenvalue weighted by molar-refractivity contribution is 5.95. The first-order valence-electron chi connectivity index (χ1n) is 7.09. The Morgan fingerprint density at radius 2 is 1.95 bits per heavy atom. The number of aromatic nitrogens is 2. The molecular weight excluding hydrogens is 280 g/mol. The maximum absolute atomic E-state index is 12.2. The number of carbonyl (C=O) groups excluding carboxylic acids is 2. The van der Waals surface area contributed by atoms with Crippen molar-refractivity contribution >= 4 is 11.8 Å². The zero-order chi connectivity index (χ0) is 15.8. The molecule has 6 heteroatoms. The largest absolute Gasteiger partial charge is 0.355 e. The molecule has 0 saturated carbocycles. The third-order valence-corrected chi connectivity index (χ3v) is 3.05. The summed E-state index contributed by atoms with van der Waals surface area (Å²) in [5, 5.41) is 5.45. The Labute approximate surface area is 129 Å². The standard InChI is InChI=1S/C16H18N4O2/c1-2-18-15(21)13(10-12-6-4-3-5-7-12)20-16(22)14-11-17-8-9-19-14/h3-9,11,13H,2,10H2,1H3,(H,18,21)(H,20,22). The van der Waals surface area contributed by atoms with E-state index in [9.17, 15) is 9.59 Å². The lowest BCUT2D eigenvalue weighted by atomic mass is 10.1. The van der Waals surface area contributed by atoms with Gasteiger partial charge in [-0.3, -0.25) is 14.6 Å². The molecule has 2 N–H and O–H groups in total. The first-order valence-corrected chi connectivity index (χ1v) is 7.09. The minimum Gasteiger partial charge on any atom is -0.355 e. The van der Waals surface area contributed by atoms with Crippen molar-refractivity contribution in [1.82, 2.24) is 20.6 Å². The van der Waals surface area contributed by atoms with Crippen LogP contribution < -0.4 is 10.6 Å². The van der Waals surface area contributed by atoms with Crippen LogP contribution in [0.25, 0.3) is 0 Å². The number of rotatable bonds is 6. The van der Waals surface area contributed by atoms with Crippen LogP contribution in [0.3, 0.4) is 0 Å². The van der Waals surface area contributed by atoms with Gasteiger partial charge in [0.05, 0.1) is 6.20 Å². The fraction of sp³-hybridized carbons (Fsp3) is 0.250. The lowest BCUT2D eigenvalue weighted by Gasteiger charge is -2.18. The summed E-state index contributed by atoms with van der Waals surface area (Å²) in [6, 6.07) is 8.88. The van der Waals surface area contributed by atoms with Crippen LogP contribution in [0.4, 0.5) is 0 Å². The van der Waals surface area contributed by atoms with Crippen LogP contribution in [0.15, 0.2) is 48.9 Å². The molecule has 0 radical (unpaired) electrons. The predicted octanol–water partition coefficient (Wildman–Crippen LogP) is 0.954. The molecule has 1 atom stereocenters. The van der Waals surface area contributed by atoms with Crippen molar-refractivity contribution in [3.8, 4) is 0 Å². The molecule has 2 aromatic rings. The van der Waals surface area contributed by atoms with Gasteiger partial charge in [0.1, 0.15) is 11.7 Å². The number of nitrogens with zero attached hydrogens (tertiary/aromatic N) is 2. The fourth-order valence-corrected chi connectivity index (χ4v) is 2.01. The highest BCUT2D eigenvalue weighted by Crippen LogP contribution is 2.04. The highest BCUT2D eigenvalue weighted by Gasteiger charge is 2.21. The SMILES string of the molecule is CCNC(=O)C(Cc1ccccc1)NC(=O)c1cnccn1. The van der Waals surface area contributed by atoms with E-state index in [-0.39, 0.29) is 11.6 Å². The van der Waals surface area contributed by atoms with Crippen molar-refractivity contribution < 1.29 is 9.59 Å². The lowest BCUT2D eigenvalue weighted by molar-refractivity contribution is -0.122. The van der Waals surface area contributed by atoms with Gasteiger partial charge in [0.25, 0.3) is 5.91 Å². The van der Waals surface area contributed by atoms with Crippen LogP contribution in [0.1, 0.15) is 23.0 Å². The van der Waals surface area contributed by atoms with Gasteiger partial charge >= 0.3 is 0 Å². The molecule has 2 rings (SSSR count). The topological polar surface area (TPSA) is 84.0 Å². The zero-order valence-electron chi connectivity index (χ0n) is 12.3. The van der Waals surface area contributed by atoms with Crippen molar-refractivity contribution in [3.05, 3.63) is 60.2 Å². The molecule has 114 valence electrons. The van der Waals surface area contributed by atoms with Gasteiger partial charge in [-0.2, -0.15) is 0 Å². The van der Waals surface area contributed by atoms with Gasteiger partial charge in [-0.25, -0.2) is 4.98 Å². The van der Waals surface area contributed by atoms with Crippen molar-refractivity contribution in [2.75, 3.05) is 6.54 Å². The third kappa shape index (κ3) is 4.37. The lowest BCUT2D eigenvalue weighted by Crippen LogP contribution is -2.48. The van der Waals surface area contributed by atoms with Crippen LogP contribution in [-0.2, 0) is 11.2 Å². The summed E-state index contributed by atoms with van der Waals surface area (Å²) in [6.07, 6.45) is 4.71. The predicted molar refractivity (Wildman–Crippen MR) is 82.1 cm³/mol. The second-order valence-electron chi connectivity index (χ2n) is 4.70. The second kappa shape index (κ2) is 7.87. The Hall–Kier alpha value is -2.76. The monoisotopic (exact) mass is 298 g/mol. The molecule has 0 aliphatic rings. The van der Waals surface area contributed by atoms with E-state index in [0.717, 1.165) is 5.56 Å². The van der Waals surface area contributed by atoms with Gasteiger partial charge in [-0.05, 0) is 12.5 Å². The first-order chi connectivity index (χ1) is 10.7. The molecule has 1 unspecified atom stereocenters. The summed E-state index contributed by atoms with van der Waals surface area (Å²) in [5.41, 5.74) is 1.16. The summed E-state index contributed by atoms with van der Waals surface area (Å²) in [7, 11) is 0. The van der Waals surface area contributed by atoms with Crippen molar-refractivity contribution in [2.24, 2.45) is 0 Å². The Morgan fingerprint density at radius 1 is 1.18 bits per heavy atom. The quantitative estimate of drug-likeness (QED) is 0.832. The first kappa shape index (κ1) is 15.6. The maximum atomic E-state index is 12.2. The molecule has 1 aromatic heterocycles. The number of benzene rings is 1. The van der Waals surface area contributed by atoms with Crippen molar-refractivity contribution in [3.63, 3.8) is 0 Å². The number of amides is 2. The van der Waals surface area contributed by atoms with Gasteiger partial charge in [-0.1, -0.05) is 30.3 Å². The van der Waals surface area contributed by atoms with Gasteiger partial charge in [-0.15, -0.1) is 0 Å². The third-order valence-electron chi connectivity index (χ3n) is 3.05. The molecule has 1 heterocycles. The Balaban J connectivity index is 2.11. The van der Waals surface area contributed by atoms with E-state index >= 15 is 0 Å². The molecular formula is C16H18N4O2. The van der Waals surface area contributed by atoms with Crippen LogP contribution in [0.2, 0.25) is 0 Å². The van der Waals surface area contributed by atoms with Gasteiger partial charge in [0.2, 0.25) is 5.91 Å². The van der Waals surface area contributed by atoms with E-state index < -0.39 is 11.9 Å². The summed E-state index contributed by atoms with van der Waals surface area (Å²) >= 11 is 0. The van der Waals surface area contributed by atoms with Crippen LogP contribution in [-0.4, -0.2) is 34.4 Å². The van der Waals surface area contributed by atoms with E-state index in [1.165, 1.54) is 18.6 Å². The molecule has 0 aliphatic heterocycles. The van der Waals surface area contributed by atoms with Crippen molar-refractivity contribution in [2.45, 2.75) is 19.4 Å². The van der Waals surface area contributed by atoms with E-state index in [4.69, 9.17) is 0 Å². The van der Waals surface area contributed by atoms with Crippen LogP contribution in [0, 0.1) is 0 Å². The minimum atomic E-state index is -0.656. The molecule has 0 aliphatic carbocycles. The number of nitrogens with one attached hydrogen (secondary N) is 2. The Morgan fingerprint density at radius 3 is 2.59 bits per heavy atom. The zero-order valence-corrected chi connectivity index (χ0v) is 12.3. The smallest absolute Gasteiger partial charge is 0.272 e. The molecule has 2 amide bonds. The summed E-state index contributed by atoms with van der Waals surface area (Å²) < 4.78 is 0. The number of likely N-dealkylation sites (N-methyl/N-ethyl adjacent to an activating group) is 1. The van der Waals surface area contributed by atoms with E-state index in [0.29, 0.717) is 13.0 Å². The highest BCUT2D eigenvalue weighted by atomic mass is 16.2.